The zero-order valence-electron chi connectivity index (χ0n) is 21.6. The predicted molar refractivity (Wildman–Crippen MR) is 149 cm³/mol. The van der Waals surface area contributed by atoms with Crippen molar-refractivity contribution < 1.29 is 21.1 Å². The molecule has 0 aromatic rings. The van der Waals surface area contributed by atoms with Crippen LogP contribution in [0.2, 0.25) is 57.4 Å². The van der Waals surface area contributed by atoms with Crippen LogP contribution in [0.15, 0.2) is 53.6 Å². The molecule has 1 aliphatic carbocycles. The van der Waals surface area contributed by atoms with Crippen molar-refractivity contribution in [2.45, 2.75) is 84.6 Å². The Morgan fingerprint density at radius 1 is 0.700 bits per heavy atom. The summed E-state index contributed by atoms with van der Waals surface area (Å²) in [5.74, 6) is 0. The van der Waals surface area contributed by atoms with Crippen molar-refractivity contribution in [3.63, 3.8) is 0 Å². The summed E-state index contributed by atoms with van der Waals surface area (Å²) in [6.45, 7) is 42.1. The van der Waals surface area contributed by atoms with E-state index < -0.39 is 24.2 Å². The Kier molecular flexibility index (Phi) is 23.2. The van der Waals surface area contributed by atoms with Gasteiger partial charge < -0.3 is 20.8 Å². The molecule has 0 aromatic carbocycles. The monoisotopic (exact) mass is 641 g/mol. The van der Waals surface area contributed by atoms with Gasteiger partial charge in [0.15, 0.2) is 0 Å². The van der Waals surface area contributed by atoms with Gasteiger partial charge in [0, 0.05) is 8.07 Å². The Balaban J connectivity index is -0.000000441. The molecule has 176 valence electrons. The first kappa shape index (κ1) is 37.4. The van der Waals surface area contributed by atoms with E-state index in [-0.39, 0.29) is 21.1 Å². The molecule has 1 aliphatic rings. The third-order valence-electron chi connectivity index (χ3n) is 5.13. The van der Waals surface area contributed by atoms with Crippen LogP contribution >= 0.6 is 0 Å². The van der Waals surface area contributed by atoms with E-state index in [2.05, 4.69) is 104 Å². The summed E-state index contributed by atoms with van der Waals surface area (Å²) in [4.78, 5) is 0. The molecular formula is C26H50PtSi3. The van der Waals surface area contributed by atoms with Crippen LogP contribution in [-0.2, 0) is 21.1 Å². The summed E-state index contributed by atoms with van der Waals surface area (Å²) in [5.41, 5.74) is 0. The van der Waals surface area contributed by atoms with Crippen LogP contribution in [0.25, 0.3) is 0 Å². The SMILES string of the molecule is C=CC[Si](C)(C)C1=[C-]CC([Si](C)(C)CC=C)=C1[Si](C)(C)CC=C.[CH2-]C.[CH2-]C.[CH2-]C.[Pt+4]. The zero-order valence-corrected chi connectivity index (χ0v) is 26.9. The first-order valence-electron chi connectivity index (χ1n) is 10.8. The van der Waals surface area contributed by atoms with Crippen LogP contribution in [0.4, 0.5) is 0 Å². The second-order valence-electron chi connectivity index (χ2n) is 8.71. The topological polar surface area (TPSA) is 0 Å². The molecule has 0 spiro atoms. The minimum Gasteiger partial charge on any atom is -0.346 e. The fourth-order valence-electron chi connectivity index (χ4n) is 3.82. The largest absolute Gasteiger partial charge is 4.00 e. The van der Waals surface area contributed by atoms with E-state index in [9.17, 15) is 0 Å². The number of hydrogen-bond acceptors (Lipinski definition) is 0. The van der Waals surface area contributed by atoms with Gasteiger partial charge in [0.2, 0.25) is 0 Å². The van der Waals surface area contributed by atoms with Crippen molar-refractivity contribution in [3.05, 3.63) is 80.4 Å². The molecule has 0 fully saturated rings. The predicted octanol–water partition coefficient (Wildman–Crippen LogP) is 9.24. The first-order valence-corrected chi connectivity index (χ1v) is 20.5. The van der Waals surface area contributed by atoms with Gasteiger partial charge in [-0.05, 0) is 20.2 Å². The summed E-state index contributed by atoms with van der Waals surface area (Å²) in [5, 5.41) is 5.14. The van der Waals surface area contributed by atoms with Crippen molar-refractivity contribution in [2.75, 3.05) is 0 Å². The van der Waals surface area contributed by atoms with Gasteiger partial charge in [-0.15, -0.1) is 26.2 Å². The van der Waals surface area contributed by atoms with Crippen LogP contribution < -0.4 is 0 Å². The molecule has 0 amide bonds. The molecule has 0 radical (unpaired) electrons. The molecule has 30 heavy (non-hydrogen) atoms. The minimum absolute atomic E-state index is 0. The van der Waals surface area contributed by atoms with E-state index in [0.29, 0.717) is 0 Å². The van der Waals surface area contributed by atoms with E-state index >= 15 is 0 Å². The van der Waals surface area contributed by atoms with Crippen LogP contribution in [0, 0.1) is 26.8 Å². The molecule has 0 bridgehead atoms. The summed E-state index contributed by atoms with van der Waals surface area (Å²) < 4.78 is 0. The number of rotatable bonds is 9. The van der Waals surface area contributed by atoms with Crippen molar-refractivity contribution in [2.24, 2.45) is 0 Å². The van der Waals surface area contributed by atoms with Gasteiger partial charge in [-0.1, -0.05) is 63.6 Å². The molecule has 0 saturated heterocycles. The standard InChI is InChI=1S/C20H35Si3.3C2H5.Pt/c1-10-15-21(4,5)18-13-14-19(22(6,7)16-11-2)20(18)23(8,9)17-12-3;3*1-2;/h10-12H,1-3,13,15-17H2,4-9H3;3*1H2,2H3;/q4*-1;+4. The molecule has 0 saturated carbocycles. The summed E-state index contributed by atoms with van der Waals surface area (Å²) in [6.07, 6.45) is 11.3. The number of hydrogen-bond donors (Lipinski definition) is 0. The van der Waals surface area contributed by atoms with Crippen LogP contribution in [0.3, 0.4) is 0 Å². The molecule has 4 heteroatoms. The smallest absolute Gasteiger partial charge is 0.346 e. The molecule has 0 aromatic heterocycles. The van der Waals surface area contributed by atoms with Crippen molar-refractivity contribution in [1.82, 2.24) is 0 Å². The van der Waals surface area contributed by atoms with Gasteiger partial charge in [-0.25, -0.2) is 10.4 Å². The van der Waals surface area contributed by atoms with Crippen LogP contribution in [0.5, 0.6) is 0 Å². The summed E-state index contributed by atoms with van der Waals surface area (Å²) in [7, 11) is -4.44. The van der Waals surface area contributed by atoms with Gasteiger partial charge >= 0.3 is 21.1 Å². The van der Waals surface area contributed by atoms with E-state index in [1.807, 2.05) is 0 Å². The summed E-state index contributed by atoms with van der Waals surface area (Å²) in [6, 6.07) is 3.48. The third-order valence-corrected chi connectivity index (χ3v) is 15.3. The van der Waals surface area contributed by atoms with Gasteiger partial charge in [0.25, 0.3) is 0 Å². The zero-order chi connectivity index (χ0) is 23.9. The molecule has 0 unspecified atom stereocenters. The average molecular weight is 642 g/mol. The van der Waals surface area contributed by atoms with Gasteiger partial charge in [0.05, 0.1) is 8.07 Å². The minimum atomic E-state index is -1.51. The Morgan fingerprint density at radius 3 is 1.40 bits per heavy atom. The fourth-order valence-corrected chi connectivity index (χ4v) is 15.3. The van der Waals surface area contributed by atoms with E-state index in [1.165, 1.54) is 6.04 Å². The average Bonchev–Trinajstić information content (AvgIpc) is 3.15. The maximum absolute atomic E-state index is 4.04. The molecular weight excluding hydrogens is 592 g/mol. The van der Waals surface area contributed by atoms with E-state index in [0.717, 1.165) is 18.5 Å². The normalized spacial score (nSPS) is 13.1. The second kappa shape index (κ2) is 18.6. The third kappa shape index (κ3) is 11.1. The molecule has 0 nitrogen and oxygen atoms in total. The number of allylic oxidation sites excluding steroid dienone is 7. The molecule has 0 aliphatic heterocycles. The maximum atomic E-state index is 4.04. The van der Waals surface area contributed by atoms with E-state index in [1.54, 1.807) is 36.4 Å². The van der Waals surface area contributed by atoms with Gasteiger partial charge in [-0.2, -0.15) is 26.0 Å². The Morgan fingerprint density at radius 2 is 1.03 bits per heavy atom. The molecule has 0 atom stereocenters. The Bertz CT molecular complexity index is 553. The van der Waals surface area contributed by atoms with Crippen LogP contribution in [-0.4, -0.2) is 24.2 Å². The summed E-state index contributed by atoms with van der Waals surface area (Å²) >= 11 is 0. The van der Waals surface area contributed by atoms with Gasteiger partial charge in [-0.3, -0.25) is 6.08 Å². The van der Waals surface area contributed by atoms with Gasteiger partial charge in [0.1, 0.15) is 0 Å². The van der Waals surface area contributed by atoms with Crippen molar-refractivity contribution in [1.29, 1.82) is 0 Å². The quantitative estimate of drug-likeness (QED) is 0.134. The molecule has 0 heterocycles. The fraction of sp³-hybridized carbons (Fsp3) is 0.500. The second-order valence-corrected chi connectivity index (χ2v) is 22.8. The molecule has 1 rings (SSSR count). The first-order chi connectivity index (χ1) is 13.5. The maximum Gasteiger partial charge on any atom is 4.00 e. The molecule has 0 N–H and O–H groups in total. The Labute approximate surface area is 209 Å². The van der Waals surface area contributed by atoms with Crippen molar-refractivity contribution in [3.8, 4) is 0 Å². The Hall–Kier alpha value is 0.0390. The van der Waals surface area contributed by atoms with E-state index in [4.69, 9.17) is 0 Å². The van der Waals surface area contributed by atoms with Crippen molar-refractivity contribution >= 4 is 24.2 Å². The van der Waals surface area contributed by atoms with Crippen LogP contribution in [0.1, 0.15) is 27.2 Å².